The maximum Gasteiger partial charge on any atom is 0.223 e. The summed E-state index contributed by atoms with van der Waals surface area (Å²) in [5, 5.41) is 0. The Morgan fingerprint density at radius 1 is 1.50 bits per heavy atom. The highest BCUT2D eigenvalue weighted by atomic mass is 32.2. The first-order chi connectivity index (χ1) is 4.34. The summed E-state index contributed by atoms with van der Waals surface area (Å²) in [6, 6.07) is 0. The molecule has 0 spiro atoms. The zero-order valence-electron chi connectivity index (χ0n) is 6.53. The number of nitrogens with zero attached hydrogens (tertiary/aromatic N) is 1. The van der Waals surface area contributed by atoms with Gasteiger partial charge in [-0.15, -0.1) is 4.41 Å². The maximum absolute atomic E-state index is 10.7. The summed E-state index contributed by atoms with van der Waals surface area (Å²) < 4.78 is 22.2. The second kappa shape index (κ2) is 3.32. The van der Waals surface area contributed by atoms with Crippen molar-refractivity contribution in [3.8, 4) is 0 Å². The van der Waals surface area contributed by atoms with Gasteiger partial charge in [-0.25, -0.2) is 8.42 Å². The molecule has 0 aliphatic rings. The molecule has 0 aromatic carbocycles. The topological polar surface area (TPSA) is 63.4 Å². The molecular weight excluding hydrogens is 152 g/mol. The Kier molecular flexibility index (Phi) is 3.27. The number of nitrogens with two attached hydrogens (primary N) is 1. The third kappa shape index (κ3) is 3.81. The number of hydrogen-bond acceptors (Lipinski definition) is 3. The van der Waals surface area contributed by atoms with Crippen molar-refractivity contribution in [1.29, 1.82) is 0 Å². The molecule has 62 valence electrons. The van der Waals surface area contributed by atoms with Crippen molar-refractivity contribution in [3.05, 3.63) is 0 Å². The first-order valence-electron chi connectivity index (χ1n) is 3.06. The van der Waals surface area contributed by atoms with E-state index >= 15 is 0 Å². The standard InChI is InChI=1S/C5H14N2O2S/c1-5(2)4-7(6)10(3,8)9/h5H,4,6H2,1-3H3. The molecule has 4 nitrogen and oxygen atoms in total. The van der Waals surface area contributed by atoms with E-state index in [4.69, 9.17) is 5.84 Å². The van der Waals surface area contributed by atoms with Gasteiger partial charge in [-0.2, -0.15) is 0 Å². The van der Waals surface area contributed by atoms with E-state index in [1.165, 1.54) is 0 Å². The molecular formula is C5H14N2O2S. The van der Waals surface area contributed by atoms with Crippen LogP contribution in [-0.2, 0) is 10.0 Å². The molecule has 0 aliphatic carbocycles. The lowest BCUT2D eigenvalue weighted by Gasteiger charge is -2.15. The van der Waals surface area contributed by atoms with E-state index in [-0.39, 0.29) is 5.92 Å². The summed E-state index contributed by atoms with van der Waals surface area (Å²) in [4.78, 5) is 0. The first kappa shape index (κ1) is 9.87. The van der Waals surface area contributed by atoms with Crippen LogP contribution in [0, 0.1) is 5.92 Å². The molecule has 0 saturated carbocycles. The second-order valence-electron chi connectivity index (χ2n) is 2.73. The summed E-state index contributed by atoms with van der Waals surface area (Å²) >= 11 is 0. The molecule has 2 N–H and O–H groups in total. The van der Waals surface area contributed by atoms with E-state index in [0.717, 1.165) is 10.7 Å². The van der Waals surface area contributed by atoms with Gasteiger partial charge in [0.2, 0.25) is 10.0 Å². The van der Waals surface area contributed by atoms with Crippen LogP contribution in [0.1, 0.15) is 13.8 Å². The predicted octanol–water partition coefficient (Wildman–Crippen LogP) is -0.222. The Morgan fingerprint density at radius 2 is 1.90 bits per heavy atom. The van der Waals surface area contributed by atoms with Gasteiger partial charge in [-0.1, -0.05) is 13.8 Å². The fourth-order valence-electron chi connectivity index (χ4n) is 0.495. The predicted molar refractivity (Wildman–Crippen MR) is 40.6 cm³/mol. The van der Waals surface area contributed by atoms with E-state index < -0.39 is 10.0 Å². The normalized spacial score (nSPS) is 13.0. The lowest BCUT2D eigenvalue weighted by Crippen LogP contribution is -2.39. The van der Waals surface area contributed by atoms with Gasteiger partial charge in [0.1, 0.15) is 0 Å². The van der Waals surface area contributed by atoms with Crippen LogP contribution in [0.2, 0.25) is 0 Å². The van der Waals surface area contributed by atoms with Crippen molar-refractivity contribution in [1.82, 2.24) is 4.41 Å². The van der Waals surface area contributed by atoms with Crippen LogP contribution in [0.15, 0.2) is 0 Å². The fourth-order valence-corrected chi connectivity index (χ4v) is 1.06. The molecule has 0 aromatic rings. The molecule has 5 heteroatoms. The van der Waals surface area contributed by atoms with E-state index in [2.05, 4.69) is 0 Å². The van der Waals surface area contributed by atoms with Crippen molar-refractivity contribution in [2.24, 2.45) is 11.8 Å². The van der Waals surface area contributed by atoms with Crippen molar-refractivity contribution in [3.63, 3.8) is 0 Å². The highest BCUT2D eigenvalue weighted by Gasteiger charge is 2.11. The third-order valence-corrected chi connectivity index (χ3v) is 1.97. The molecule has 0 aromatic heterocycles. The number of sulfonamides is 1. The lowest BCUT2D eigenvalue weighted by molar-refractivity contribution is 0.382. The zero-order chi connectivity index (χ0) is 8.36. The average Bonchev–Trinajstić information content (AvgIpc) is 1.60. The van der Waals surface area contributed by atoms with Crippen molar-refractivity contribution < 1.29 is 8.42 Å². The minimum absolute atomic E-state index is 0.264. The van der Waals surface area contributed by atoms with Crippen LogP contribution in [-0.4, -0.2) is 25.6 Å². The number of hydrogen-bond donors (Lipinski definition) is 1. The summed E-state index contributed by atoms with van der Waals surface area (Å²) in [5.74, 6) is 5.46. The highest BCUT2D eigenvalue weighted by molar-refractivity contribution is 7.88. The Hall–Kier alpha value is -0.130. The van der Waals surface area contributed by atoms with Crippen LogP contribution in [0.25, 0.3) is 0 Å². The van der Waals surface area contributed by atoms with Gasteiger partial charge in [-0.3, -0.25) is 5.84 Å². The van der Waals surface area contributed by atoms with E-state index in [1.54, 1.807) is 0 Å². The van der Waals surface area contributed by atoms with Crippen LogP contribution >= 0.6 is 0 Å². The fraction of sp³-hybridized carbons (Fsp3) is 1.00. The molecule has 0 atom stereocenters. The SMILES string of the molecule is CC(C)CN(N)S(C)(=O)=O. The van der Waals surface area contributed by atoms with E-state index in [9.17, 15) is 8.42 Å². The maximum atomic E-state index is 10.7. The Balaban J connectivity index is 3.99. The Labute approximate surface area is 62.0 Å². The van der Waals surface area contributed by atoms with Gasteiger partial charge in [0.15, 0.2) is 0 Å². The highest BCUT2D eigenvalue weighted by Crippen LogP contribution is 1.96. The van der Waals surface area contributed by atoms with Gasteiger partial charge in [0.25, 0.3) is 0 Å². The first-order valence-corrected chi connectivity index (χ1v) is 4.91. The molecule has 10 heavy (non-hydrogen) atoms. The van der Waals surface area contributed by atoms with Crippen LogP contribution in [0.3, 0.4) is 0 Å². The zero-order valence-corrected chi connectivity index (χ0v) is 7.35. The summed E-state index contributed by atoms with van der Waals surface area (Å²) in [6.45, 7) is 4.19. The largest absolute Gasteiger partial charge is 0.255 e. The molecule has 0 aliphatic heterocycles. The molecule has 0 heterocycles. The lowest BCUT2D eigenvalue weighted by atomic mass is 10.2. The monoisotopic (exact) mass is 166 g/mol. The Morgan fingerprint density at radius 3 is 2.00 bits per heavy atom. The average molecular weight is 166 g/mol. The van der Waals surface area contributed by atoms with E-state index in [1.807, 2.05) is 13.8 Å². The number of rotatable bonds is 3. The van der Waals surface area contributed by atoms with Crippen molar-refractivity contribution in [2.45, 2.75) is 13.8 Å². The molecule has 0 saturated heterocycles. The summed E-state index contributed by atoms with van der Waals surface area (Å²) in [5.41, 5.74) is 0. The van der Waals surface area contributed by atoms with Crippen molar-refractivity contribution >= 4 is 10.0 Å². The molecule has 0 fully saturated rings. The van der Waals surface area contributed by atoms with Crippen molar-refractivity contribution in [2.75, 3.05) is 12.8 Å². The summed E-state index contributed by atoms with van der Waals surface area (Å²) in [7, 11) is -3.19. The van der Waals surface area contributed by atoms with Gasteiger partial charge in [-0.05, 0) is 5.92 Å². The quantitative estimate of drug-likeness (QED) is 0.465. The van der Waals surface area contributed by atoms with E-state index in [0.29, 0.717) is 6.54 Å². The van der Waals surface area contributed by atoms with Crippen LogP contribution in [0.4, 0.5) is 0 Å². The molecule has 0 rings (SSSR count). The van der Waals surface area contributed by atoms with Crippen LogP contribution in [0.5, 0.6) is 0 Å². The van der Waals surface area contributed by atoms with Gasteiger partial charge in [0, 0.05) is 6.54 Å². The second-order valence-corrected chi connectivity index (χ2v) is 4.66. The van der Waals surface area contributed by atoms with Gasteiger partial charge >= 0.3 is 0 Å². The minimum Gasteiger partial charge on any atom is -0.255 e. The summed E-state index contributed by atoms with van der Waals surface area (Å²) in [6.07, 6.45) is 1.09. The Bertz CT molecular complexity index is 186. The smallest absolute Gasteiger partial charge is 0.223 e. The number of hydrazine groups is 1. The van der Waals surface area contributed by atoms with Gasteiger partial charge < -0.3 is 0 Å². The van der Waals surface area contributed by atoms with Crippen LogP contribution < -0.4 is 5.84 Å². The molecule has 0 radical (unpaired) electrons. The minimum atomic E-state index is -3.19. The third-order valence-electron chi connectivity index (χ3n) is 0.971. The molecule has 0 bridgehead atoms. The van der Waals surface area contributed by atoms with Gasteiger partial charge in [0.05, 0.1) is 6.26 Å². The molecule has 0 amide bonds. The molecule has 0 unspecified atom stereocenters.